The third-order valence-electron chi connectivity index (χ3n) is 3.05. The first-order chi connectivity index (χ1) is 11.6. The molecule has 0 radical (unpaired) electrons. The molecule has 9 heteroatoms. The van der Waals surface area contributed by atoms with E-state index in [1.807, 2.05) is 0 Å². The highest BCUT2D eigenvalue weighted by Gasteiger charge is 2.32. The van der Waals surface area contributed by atoms with Crippen LogP contribution in [0.4, 0.5) is 17.6 Å². The lowest BCUT2D eigenvalue weighted by atomic mass is 10.0. The number of hydrogen-bond donors (Lipinski definition) is 0. The second-order valence-corrected chi connectivity index (χ2v) is 7.47. The molecule has 1 atom stereocenters. The highest BCUT2D eigenvalue weighted by Crippen LogP contribution is 2.31. The molecule has 134 valence electrons. The van der Waals surface area contributed by atoms with Crippen LogP contribution in [0.1, 0.15) is 30.7 Å². The highest BCUT2D eigenvalue weighted by molar-refractivity contribution is 7.90. The van der Waals surface area contributed by atoms with Gasteiger partial charge in [0.25, 0.3) is 0 Å². The Labute approximate surface area is 150 Å². The molecule has 0 bridgehead atoms. The summed E-state index contributed by atoms with van der Waals surface area (Å²) in [4.78, 5) is 3.99. The standard InChI is InChI=1S/C16H13ClF4N2OS/c1-9(2)25(24)23-15(14-4-3-12(17)8-22-14)10-5-11(16(19,20)21)7-13(18)6-10/h3-9H,1-2H3/b23-15-/t25-/m1/s1. The van der Waals surface area contributed by atoms with Crippen molar-refractivity contribution in [2.24, 2.45) is 4.40 Å². The number of nitrogens with zero attached hydrogens (tertiary/aromatic N) is 2. The van der Waals surface area contributed by atoms with Gasteiger partial charge >= 0.3 is 6.18 Å². The predicted molar refractivity (Wildman–Crippen MR) is 89.6 cm³/mol. The zero-order chi connectivity index (χ0) is 18.8. The van der Waals surface area contributed by atoms with Crippen molar-refractivity contribution >= 4 is 28.7 Å². The summed E-state index contributed by atoms with van der Waals surface area (Å²) in [6.07, 6.45) is -3.46. The van der Waals surface area contributed by atoms with Crippen LogP contribution in [0.25, 0.3) is 0 Å². The number of rotatable bonds is 4. The van der Waals surface area contributed by atoms with Crippen LogP contribution in [-0.2, 0) is 17.5 Å². The fraction of sp³-hybridized carbons (Fsp3) is 0.250. The van der Waals surface area contributed by atoms with Gasteiger partial charge in [0.05, 0.1) is 27.6 Å². The number of pyridine rings is 1. The van der Waals surface area contributed by atoms with Gasteiger partial charge in [-0.25, -0.2) is 4.39 Å². The van der Waals surface area contributed by atoms with Gasteiger partial charge in [-0.3, -0.25) is 4.98 Å². The molecular weight excluding hydrogens is 380 g/mol. The summed E-state index contributed by atoms with van der Waals surface area (Å²) in [6, 6.07) is 4.89. The molecule has 0 saturated heterocycles. The highest BCUT2D eigenvalue weighted by atomic mass is 35.5. The maximum Gasteiger partial charge on any atom is 0.416 e. The molecule has 2 aromatic rings. The van der Waals surface area contributed by atoms with Crippen LogP contribution >= 0.6 is 11.6 Å². The monoisotopic (exact) mass is 392 g/mol. The Balaban J connectivity index is 2.64. The minimum atomic E-state index is -4.73. The molecule has 0 N–H and O–H groups in total. The normalized spacial score (nSPS) is 14.0. The van der Waals surface area contributed by atoms with E-state index in [1.54, 1.807) is 13.8 Å². The predicted octanol–water partition coefficient (Wildman–Crippen LogP) is 4.80. The molecular formula is C16H13ClF4N2OS. The Kier molecular flexibility index (Phi) is 6.08. The maximum atomic E-state index is 13.7. The zero-order valence-electron chi connectivity index (χ0n) is 13.1. The van der Waals surface area contributed by atoms with E-state index in [0.29, 0.717) is 11.1 Å². The van der Waals surface area contributed by atoms with E-state index in [1.165, 1.54) is 18.3 Å². The molecule has 0 fully saturated rings. The average molecular weight is 393 g/mol. The smallest absolute Gasteiger partial charge is 0.416 e. The lowest BCUT2D eigenvalue weighted by Gasteiger charge is -2.13. The molecule has 1 heterocycles. The summed E-state index contributed by atoms with van der Waals surface area (Å²) in [5.74, 6) is -1.08. The van der Waals surface area contributed by atoms with Crippen molar-refractivity contribution in [1.82, 2.24) is 4.98 Å². The quantitative estimate of drug-likeness (QED) is 0.426. The third-order valence-corrected chi connectivity index (χ3v) is 4.45. The van der Waals surface area contributed by atoms with Gasteiger partial charge in [-0.2, -0.15) is 13.2 Å². The Morgan fingerprint density at radius 3 is 2.44 bits per heavy atom. The summed E-state index contributed by atoms with van der Waals surface area (Å²) in [6.45, 7) is 3.28. The molecule has 0 amide bonds. The van der Waals surface area contributed by atoms with Gasteiger partial charge in [-0.1, -0.05) is 16.0 Å². The summed E-state index contributed by atoms with van der Waals surface area (Å²) in [5, 5.41) is -0.0683. The van der Waals surface area contributed by atoms with Crippen molar-refractivity contribution in [3.63, 3.8) is 0 Å². The van der Waals surface area contributed by atoms with Gasteiger partial charge in [0.15, 0.2) is 0 Å². The van der Waals surface area contributed by atoms with Crippen molar-refractivity contribution in [3.05, 3.63) is 64.2 Å². The maximum absolute atomic E-state index is 13.7. The molecule has 3 nitrogen and oxygen atoms in total. The molecule has 2 rings (SSSR count). The Morgan fingerprint density at radius 2 is 1.92 bits per heavy atom. The van der Waals surface area contributed by atoms with Crippen LogP contribution in [0.15, 0.2) is 40.9 Å². The second-order valence-electron chi connectivity index (χ2n) is 5.35. The molecule has 1 aromatic heterocycles. The molecule has 0 aliphatic rings. The van der Waals surface area contributed by atoms with Gasteiger partial charge in [-0.05, 0) is 44.2 Å². The van der Waals surface area contributed by atoms with E-state index in [9.17, 15) is 22.1 Å². The fourth-order valence-electron chi connectivity index (χ4n) is 1.85. The molecule has 0 unspecified atom stereocenters. The van der Waals surface area contributed by atoms with Gasteiger partial charge < -0.3 is 4.55 Å². The van der Waals surface area contributed by atoms with Crippen LogP contribution < -0.4 is 0 Å². The van der Waals surface area contributed by atoms with Crippen LogP contribution in [0, 0.1) is 5.82 Å². The molecule has 1 aromatic carbocycles. The third kappa shape index (κ3) is 5.17. The number of hydrogen-bond acceptors (Lipinski definition) is 3. The zero-order valence-corrected chi connectivity index (χ0v) is 14.7. The van der Waals surface area contributed by atoms with E-state index in [2.05, 4.69) is 9.38 Å². The number of benzene rings is 1. The van der Waals surface area contributed by atoms with Gasteiger partial charge in [0.1, 0.15) is 16.8 Å². The molecule has 25 heavy (non-hydrogen) atoms. The number of alkyl halides is 3. The Morgan fingerprint density at radius 1 is 1.24 bits per heavy atom. The van der Waals surface area contributed by atoms with Crippen molar-refractivity contribution in [3.8, 4) is 0 Å². The van der Waals surface area contributed by atoms with E-state index in [4.69, 9.17) is 11.6 Å². The Hall–Kier alpha value is -1.64. The number of halogens is 5. The van der Waals surface area contributed by atoms with Gasteiger partial charge in [0, 0.05) is 11.8 Å². The first kappa shape index (κ1) is 19.7. The Bertz CT molecular complexity index is 779. The lowest BCUT2D eigenvalue weighted by Crippen LogP contribution is -2.17. The van der Waals surface area contributed by atoms with Gasteiger partial charge in [0.2, 0.25) is 0 Å². The van der Waals surface area contributed by atoms with Crippen LogP contribution in [-0.4, -0.2) is 20.5 Å². The first-order valence-corrected chi connectivity index (χ1v) is 8.62. The second kappa shape index (κ2) is 7.72. The molecule has 0 aliphatic carbocycles. The van der Waals surface area contributed by atoms with E-state index >= 15 is 0 Å². The minimum Gasteiger partial charge on any atom is -0.591 e. The summed E-state index contributed by atoms with van der Waals surface area (Å²) < 4.78 is 68.6. The van der Waals surface area contributed by atoms with E-state index in [0.717, 1.165) is 12.1 Å². The molecule has 0 aliphatic heterocycles. The molecule has 0 saturated carbocycles. The summed E-state index contributed by atoms with van der Waals surface area (Å²) in [7, 11) is 0. The SMILES string of the molecule is CC(C)[S@@+]([O-])/N=C(/c1cc(F)cc(C(F)(F)F)c1)c1ccc(Cl)cn1. The lowest BCUT2D eigenvalue weighted by molar-refractivity contribution is -0.137. The first-order valence-electron chi connectivity index (χ1n) is 7.07. The summed E-state index contributed by atoms with van der Waals surface area (Å²) >= 11 is 4.03. The summed E-state index contributed by atoms with van der Waals surface area (Å²) in [5.41, 5.74) is -1.30. The van der Waals surface area contributed by atoms with E-state index < -0.39 is 28.9 Å². The van der Waals surface area contributed by atoms with Crippen molar-refractivity contribution < 1.29 is 22.1 Å². The largest absolute Gasteiger partial charge is 0.591 e. The van der Waals surface area contributed by atoms with Gasteiger partial charge in [-0.15, -0.1) is 0 Å². The van der Waals surface area contributed by atoms with Crippen LogP contribution in [0.3, 0.4) is 0 Å². The minimum absolute atomic E-state index is 0.103. The fourth-order valence-corrected chi connectivity index (χ4v) is 2.55. The van der Waals surface area contributed by atoms with Crippen LogP contribution in [0.5, 0.6) is 0 Å². The van der Waals surface area contributed by atoms with Crippen LogP contribution in [0.2, 0.25) is 5.02 Å². The number of aromatic nitrogens is 1. The topological polar surface area (TPSA) is 48.3 Å². The van der Waals surface area contributed by atoms with E-state index in [-0.39, 0.29) is 22.2 Å². The molecule has 0 spiro atoms. The average Bonchev–Trinajstić information content (AvgIpc) is 2.51. The van der Waals surface area contributed by atoms with Crippen molar-refractivity contribution in [1.29, 1.82) is 0 Å². The van der Waals surface area contributed by atoms with Crippen molar-refractivity contribution in [2.75, 3.05) is 0 Å². The van der Waals surface area contributed by atoms with Crippen molar-refractivity contribution in [2.45, 2.75) is 25.3 Å².